The Hall–Kier alpha value is -1.28. The number of fused-ring (bicyclic) bond motifs is 3. The second-order valence-electron chi connectivity index (χ2n) is 4.32. The third-order valence-corrected chi connectivity index (χ3v) is 3.41. The second kappa shape index (κ2) is 3.38. The monoisotopic (exact) mass is 200 g/mol. The number of nitrogens with one attached hydrogen (secondary N) is 2. The molecule has 0 aliphatic carbocycles. The van der Waals surface area contributed by atoms with Crippen LogP contribution in [0.4, 0.5) is 0 Å². The summed E-state index contributed by atoms with van der Waals surface area (Å²) in [4.78, 5) is 3.50. The predicted molar refractivity (Wildman–Crippen MR) is 62.9 cm³/mol. The lowest BCUT2D eigenvalue weighted by Gasteiger charge is -2.22. The SMILES string of the molecule is CC[C@@H]1Cc2c([nH]c3ccccc23)CN1. The number of rotatable bonds is 1. The number of H-pyrrole nitrogens is 1. The number of para-hydroxylation sites is 1. The minimum absolute atomic E-state index is 0.650. The van der Waals surface area contributed by atoms with Gasteiger partial charge < -0.3 is 10.3 Å². The molecule has 0 radical (unpaired) electrons. The summed E-state index contributed by atoms with van der Waals surface area (Å²) < 4.78 is 0. The van der Waals surface area contributed by atoms with Gasteiger partial charge in [0.25, 0.3) is 0 Å². The first-order chi connectivity index (χ1) is 7.38. The minimum atomic E-state index is 0.650. The Morgan fingerprint density at radius 3 is 3.07 bits per heavy atom. The van der Waals surface area contributed by atoms with Crippen molar-refractivity contribution < 1.29 is 0 Å². The van der Waals surface area contributed by atoms with Crippen LogP contribution in [0.1, 0.15) is 24.6 Å². The summed E-state index contributed by atoms with van der Waals surface area (Å²) in [6.45, 7) is 3.24. The van der Waals surface area contributed by atoms with Crippen molar-refractivity contribution >= 4 is 10.9 Å². The molecular formula is C13H16N2. The molecule has 1 aromatic heterocycles. The molecule has 0 bridgehead atoms. The molecule has 1 aromatic carbocycles. The zero-order chi connectivity index (χ0) is 10.3. The molecule has 0 saturated heterocycles. The van der Waals surface area contributed by atoms with Crippen LogP contribution >= 0.6 is 0 Å². The molecule has 1 aliphatic rings. The molecule has 3 rings (SSSR count). The Bertz CT molecular complexity index is 484. The summed E-state index contributed by atoms with van der Waals surface area (Å²) in [5.41, 5.74) is 4.18. The van der Waals surface area contributed by atoms with Crippen molar-refractivity contribution in [2.75, 3.05) is 0 Å². The molecule has 2 heterocycles. The van der Waals surface area contributed by atoms with E-state index >= 15 is 0 Å². The van der Waals surface area contributed by atoms with Crippen LogP contribution in [-0.4, -0.2) is 11.0 Å². The highest BCUT2D eigenvalue weighted by molar-refractivity contribution is 5.84. The van der Waals surface area contributed by atoms with Crippen molar-refractivity contribution in [3.63, 3.8) is 0 Å². The Labute approximate surface area is 89.7 Å². The van der Waals surface area contributed by atoms with Crippen LogP contribution in [0.15, 0.2) is 24.3 Å². The molecule has 1 aliphatic heterocycles. The number of aromatic nitrogens is 1. The molecule has 15 heavy (non-hydrogen) atoms. The molecule has 2 aromatic rings. The average Bonchev–Trinajstić information content (AvgIpc) is 2.66. The first-order valence-corrected chi connectivity index (χ1v) is 5.70. The van der Waals surface area contributed by atoms with Crippen LogP contribution in [0.5, 0.6) is 0 Å². The fourth-order valence-electron chi connectivity index (χ4n) is 2.49. The van der Waals surface area contributed by atoms with Crippen molar-refractivity contribution in [2.24, 2.45) is 0 Å². The molecule has 2 heteroatoms. The highest BCUT2D eigenvalue weighted by Gasteiger charge is 2.20. The minimum Gasteiger partial charge on any atom is -0.357 e. The van der Waals surface area contributed by atoms with Gasteiger partial charge in [-0.3, -0.25) is 0 Å². The van der Waals surface area contributed by atoms with E-state index in [9.17, 15) is 0 Å². The molecule has 0 amide bonds. The van der Waals surface area contributed by atoms with Crippen molar-refractivity contribution in [3.05, 3.63) is 35.5 Å². The van der Waals surface area contributed by atoms with Crippen LogP contribution in [0, 0.1) is 0 Å². The maximum atomic E-state index is 3.55. The first-order valence-electron chi connectivity index (χ1n) is 5.70. The molecule has 0 saturated carbocycles. The van der Waals surface area contributed by atoms with Crippen molar-refractivity contribution in [2.45, 2.75) is 32.4 Å². The lowest BCUT2D eigenvalue weighted by Crippen LogP contribution is -2.34. The maximum absolute atomic E-state index is 3.55. The van der Waals surface area contributed by atoms with Crippen LogP contribution in [0.2, 0.25) is 0 Å². The van der Waals surface area contributed by atoms with E-state index in [0.717, 1.165) is 13.0 Å². The zero-order valence-corrected chi connectivity index (χ0v) is 9.01. The molecule has 2 nitrogen and oxygen atoms in total. The Morgan fingerprint density at radius 2 is 2.20 bits per heavy atom. The van der Waals surface area contributed by atoms with Gasteiger partial charge in [-0.05, 0) is 24.5 Å². The van der Waals surface area contributed by atoms with Gasteiger partial charge in [-0.25, -0.2) is 0 Å². The summed E-state index contributed by atoms with van der Waals surface area (Å²) in [7, 11) is 0. The Kier molecular flexibility index (Phi) is 2.03. The molecule has 2 N–H and O–H groups in total. The van der Waals surface area contributed by atoms with E-state index in [4.69, 9.17) is 0 Å². The van der Waals surface area contributed by atoms with Gasteiger partial charge in [0.15, 0.2) is 0 Å². The maximum Gasteiger partial charge on any atom is 0.0459 e. The van der Waals surface area contributed by atoms with Crippen LogP contribution < -0.4 is 5.32 Å². The molecule has 0 fully saturated rings. The highest BCUT2D eigenvalue weighted by Crippen LogP contribution is 2.26. The highest BCUT2D eigenvalue weighted by atomic mass is 15.0. The number of hydrogen-bond acceptors (Lipinski definition) is 1. The van der Waals surface area contributed by atoms with E-state index in [1.807, 2.05) is 0 Å². The predicted octanol–water partition coefficient (Wildman–Crippen LogP) is 2.59. The van der Waals surface area contributed by atoms with E-state index in [1.54, 1.807) is 0 Å². The van der Waals surface area contributed by atoms with E-state index in [2.05, 4.69) is 41.5 Å². The zero-order valence-electron chi connectivity index (χ0n) is 9.01. The lowest BCUT2D eigenvalue weighted by atomic mass is 9.97. The van der Waals surface area contributed by atoms with E-state index in [0.29, 0.717) is 6.04 Å². The summed E-state index contributed by atoms with van der Waals surface area (Å²) in [6.07, 6.45) is 2.37. The number of benzene rings is 1. The summed E-state index contributed by atoms with van der Waals surface area (Å²) >= 11 is 0. The third-order valence-electron chi connectivity index (χ3n) is 3.41. The summed E-state index contributed by atoms with van der Waals surface area (Å²) in [5.74, 6) is 0. The average molecular weight is 200 g/mol. The second-order valence-corrected chi connectivity index (χ2v) is 4.32. The van der Waals surface area contributed by atoms with Gasteiger partial charge in [-0.1, -0.05) is 25.1 Å². The van der Waals surface area contributed by atoms with Crippen LogP contribution in [0.3, 0.4) is 0 Å². The van der Waals surface area contributed by atoms with Gasteiger partial charge in [-0.15, -0.1) is 0 Å². The van der Waals surface area contributed by atoms with Crippen LogP contribution in [-0.2, 0) is 13.0 Å². The summed E-state index contributed by atoms with van der Waals surface area (Å²) in [6, 6.07) is 9.25. The van der Waals surface area contributed by atoms with E-state index < -0.39 is 0 Å². The standard InChI is InChI=1S/C13H16N2/c1-2-9-7-11-10-5-3-4-6-12(10)15-13(11)8-14-9/h3-6,9,14-15H,2,7-8H2,1H3/t9-/m1/s1. The Morgan fingerprint density at radius 1 is 1.33 bits per heavy atom. The van der Waals surface area contributed by atoms with Crippen LogP contribution in [0.25, 0.3) is 10.9 Å². The van der Waals surface area contributed by atoms with Crippen molar-refractivity contribution in [1.29, 1.82) is 0 Å². The molecule has 0 spiro atoms. The smallest absolute Gasteiger partial charge is 0.0459 e. The quantitative estimate of drug-likeness (QED) is 0.727. The third kappa shape index (κ3) is 1.37. The van der Waals surface area contributed by atoms with Crippen molar-refractivity contribution in [3.8, 4) is 0 Å². The normalized spacial score (nSPS) is 20.5. The molecule has 1 atom stereocenters. The topological polar surface area (TPSA) is 27.8 Å². The van der Waals surface area contributed by atoms with Gasteiger partial charge in [0, 0.05) is 29.2 Å². The first kappa shape index (κ1) is 8.98. The van der Waals surface area contributed by atoms with Gasteiger partial charge in [-0.2, -0.15) is 0 Å². The fourth-order valence-corrected chi connectivity index (χ4v) is 2.49. The van der Waals surface area contributed by atoms with E-state index in [-0.39, 0.29) is 0 Å². The van der Waals surface area contributed by atoms with E-state index in [1.165, 1.54) is 28.6 Å². The fraction of sp³-hybridized carbons (Fsp3) is 0.385. The Balaban J connectivity index is 2.14. The number of hydrogen-bond donors (Lipinski definition) is 2. The number of aromatic amines is 1. The van der Waals surface area contributed by atoms with Gasteiger partial charge in [0.05, 0.1) is 0 Å². The van der Waals surface area contributed by atoms with Gasteiger partial charge in [0.1, 0.15) is 0 Å². The van der Waals surface area contributed by atoms with Gasteiger partial charge >= 0.3 is 0 Å². The molecule has 0 unspecified atom stereocenters. The molecule has 78 valence electrons. The largest absolute Gasteiger partial charge is 0.357 e. The van der Waals surface area contributed by atoms with Crippen molar-refractivity contribution in [1.82, 2.24) is 10.3 Å². The summed E-state index contributed by atoms with van der Waals surface area (Å²) in [5, 5.41) is 4.96. The van der Waals surface area contributed by atoms with Gasteiger partial charge in [0.2, 0.25) is 0 Å². The lowest BCUT2D eigenvalue weighted by molar-refractivity contribution is 0.466. The molecular weight excluding hydrogens is 184 g/mol.